The predicted molar refractivity (Wildman–Crippen MR) is 83.8 cm³/mol. The van der Waals surface area contributed by atoms with Crippen LogP contribution in [0.1, 0.15) is 40.0 Å². The van der Waals surface area contributed by atoms with Gasteiger partial charge in [-0.2, -0.15) is 5.10 Å². The van der Waals surface area contributed by atoms with Gasteiger partial charge in [0.25, 0.3) is 0 Å². The topological polar surface area (TPSA) is 53.9 Å². The van der Waals surface area contributed by atoms with Crippen LogP contribution in [0.25, 0.3) is 0 Å². The van der Waals surface area contributed by atoms with Crippen LogP contribution in [-0.2, 0) is 4.74 Å². The molecule has 5 nitrogen and oxygen atoms in total. The third kappa shape index (κ3) is 5.21. The average molecular weight is 385 g/mol. The van der Waals surface area contributed by atoms with E-state index in [0.29, 0.717) is 0 Å². The third-order valence-corrected chi connectivity index (χ3v) is 3.46. The van der Waals surface area contributed by atoms with Gasteiger partial charge < -0.3 is 9.64 Å². The van der Waals surface area contributed by atoms with Crippen LogP contribution in [0.2, 0.25) is 0 Å². The number of ether oxygens (including phenoxy) is 1. The first-order chi connectivity index (χ1) is 8.33. The summed E-state index contributed by atoms with van der Waals surface area (Å²) in [5, 5.41) is 4.25. The third-order valence-electron chi connectivity index (χ3n) is 2.70. The van der Waals surface area contributed by atoms with Crippen LogP contribution in [0.3, 0.4) is 0 Å². The molecule has 0 unspecified atom stereocenters. The van der Waals surface area contributed by atoms with Crippen molar-refractivity contribution < 1.29 is 9.53 Å². The summed E-state index contributed by atoms with van der Waals surface area (Å²) in [5.41, 5.74) is 0.667. The van der Waals surface area contributed by atoms with Gasteiger partial charge in [-0.1, -0.05) is 0 Å². The molecule has 1 saturated carbocycles. The Bertz CT molecular complexity index is 331. The van der Waals surface area contributed by atoms with Crippen LogP contribution >= 0.6 is 30.3 Å². The van der Waals surface area contributed by atoms with E-state index >= 15 is 0 Å². The Morgan fingerprint density at radius 3 is 2.83 bits per heavy atom. The lowest BCUT2D eigenvalue weighted by Gasteiger charge is -2.28. The van der Waals surface area contributed by atoms with E-state index in [1.54, 1.807) is 11.9 Å². The number of carbonyl (C=O) groups is 1. The number of hydrazone groups is 1. The lowest BCUT2D eigenvalue weighted by Crippen LogP contribution is -2.39. The summed E-state index contributed by atoms with van der Waals surface area (Å²) in [6, 6.07) is 0.194. The Hall–Kier alpha value is -0.180. The number of halogens is 1. The minimum atomic E-state index is -0.444. The largest absolute Gasteiger partial charge is 0.444 e. The molecule has 0 spiro atoms. The summed E-state index contributed by atoms with van der Waals surface area (Å²) in [7, 11) is 3.23. The molecule has 0 aliphatic heterocycles. The van der Waals surface area contributed by atoms with Gasteiger partial charge in [-0.15, -0.1) is 0 Å². The van der Waals surface area contributed by atoms with Crippen molar-refractivity contribution in [2.75, 3.05) is 7.05 Å². The summed E-state index contributed by atoms with van der Waals surface area (Å²) in [4.78, 5) is 16.5. The van der Waals surface area contributed by atoms with Gasteiger partial charge in [0.05, 0.1) is 0 Å². The van der Waals surface area contributed by atoms with Gasteiger partial charge >= 0.3 is 6.09 Å². The van der Waals surface area contributed by atoms with Gasteiger partial charge in [0.1, 0.15) is 5.60 Å². The lowest BCUT2D eigenvalue weighted by molar-refractivity contribution is 0.0230. The Kier molecular flexibility index (Phi) is 6.03. The van der Waals surface area contributed by atoms with Crippen LogP contribution in [-0.4, -0.2) is 35.4 Å². The molecule has 104 valence electrons. The van der Waals surface area contributed by atoms with Gasteiger partial charge in [0, 0.05) is 55.5 Å². The monoisotopic (exact) mass is 385 g/mol. The summed E-state index contributed by atoms with van der Waals surface area (Å²) in [6.07, 6.45) is 2.44. The first-order valence-corrected chi connectivity index (χ1v) is 9.23. The molecular weight excluding hydrogens is 365 g/mol. The Balaban J connectivity index is 2.49. The molecule has 1 atom stereocenters. The maximum atomic E-state index is 11.9. The zero-order valence-corrected chi connectivity index (χ0v) is 14.2. The molecule has 1 rings (SSSR count). The van der Waals surface area contributed by atoms with Crippen LogP contribution < -0.4 is 4.83 Å². The number of nitrogens with zero attached hydrogens (tertiary/aromatic N) is 2. The number of hydrogen-bond acceptors (Lipinski definition) is 5. The molecule has 1 N–H and O–H groups in total. The normalized spacial score (nSPS) is 22.1. The van der Waals surface area contributed by atoms with Crippen LogP contribution in [0.5, 0.6) is 0 Å². The molecule has 0 radical (unpaired) electrons. The molecule has 1 amide bonds. The summed E-state index contributed by atoms with van der Waals surface area (Å²) in [6.45, 7) is 5.63. The second-order valence-corrected chi connectivity index (χ2v) is 6.99. The fourth-order valence-electron chi connectivity index (χ4n) is 1.81. The van der Waals surface area contributed by atoms with Crippen LogP contribution in [0.15, 0.2) is 5.10 Å². The SMILES string of the molecule is CN(C(=O)OC(C)(C)C)[C@H]1CC/C(=N/NSI)C1. The molecule has 7 heteroatoms. The van der Waals surface area contributed by atoms with Crippen LogP contribution in [0, 0.1) is 0 Å². The fourth-order valence-corrected chi connectivity index (χ4v) is 2.27. The van der Waals surface area contributed by atoms with E-state index in [-0.39, 0.29) is 12.1 Å². The van der Waals surface area contributed by atoms with Gasteiger partial charge in [-0.25, -0.2) is 9.63 Å². The maximum absolute atomic E-state index is 11.9. The highest BCUT2D eigenvalue weighted by atomic mass is 127. The Morgan fingerprint density at radius 1 is 1.61 bits per heavy atom. The van der Waals surface area contributed by atoms with E-state index in [9.17, 15) is 4.79 Å². The zero-order valence-electron chi connectivity index (χ0n) is 11.2. The van der Waals surface area contributed by atoms with Crippen LogP contribution in [0.4, 0.5) is 4.79 Å². The second kappa shape index (κ2) is 6.83. The molecule has 0 bridgehead atoms. The van der Waals surface area contributed by atoms with Crippen molar-refractivity contribution in [1.82, 2.24) is 9.73 Å². The van der Waals surface area contributed by atoms with E-state index in [2.05, 4.69) is 31.1 Å². The number of amides is 1. The molecule has 0 aromatic carbocycles. The Labute approximate surface area is 125 Å². The molecular formula is C11H20IN3O2S. The lowest BCUT2D eigenvalue weighted by atomic mass is 10.2. The van der Waals surface area contributed by atoms with Crippen molar-refractivity contribution in [2.24, 2.45) is 5.10 Å². The summed E-state index contributed by atoms with van der Waals surface area (Å²) in [5.74, 6) is 0. The van der Waals surface area contributed by atoms with Gasteiger partial charge in [0.2, 0.25) is 0 Å². The first kappa shape index (κ1) is 15.9. The van der Waals surface area contributed by atoms with E-state index in [4.69, 9.17) is 4.74 Å². The fraction of sp³-hybridized carbons (Fsp3) is 0.818. The van der Waals surface area contributed by atoms with Crippen molar-refractivity contribution in [3.8, 4) is 0 Å². The van der Waals surface area contributed by atoms with E-state index in [1.165, 1.54) is 9.12 Å². The summed E-state index contributed by atoms with van der Waals surface area (Å²) < 4.78 is 5.35. The highest BCUT2D eigenvalue weighted by Crippen LogP contribution is 2.23. The molecule has 1 aliphatic carbocycles. The molecule has 0 aromatic rings. The van der Waals surface area contributed by atoms with Crippen molar-refractivity contribution in [3.63, 3.8) is 0 Å². The first-order valence-electron chi connectivity index (χ1n) is 5.87. The Morgan fingerprint density at radius 2 is 2.28 bits per heavy atom. The molecule has 0 aromatic heterocycles. The zero-order chi connectivity index (χ0) is 13.8. The molecule has 18 heavy (non-hydrogen) atoms. The van der Waals surface area contributed by atoms with Crippen molar-refractivity contribution in [3.05, 3.63) is 0 Å². The predicted octanol–water partition coefficient (Wildman–Crippen LogP) is 3.35. The number of hydrogen-bond donors (Lipinski definition) is 1. The highest BCUT2D eigenvalue weighted by Gasteiger charge is 2.30. The minimum Gasteiger partial charge on any atom is -0.444 e. The van der Waals surface area contributed by atoms with E-state index < -0.39 is 5.60 Å². The molecule has 1 fully saturated rings. The minimum absolute atomic E-state index is 0.194. The smallest absolute Gasteiger partial charge is 0.410 e. The summed E-state index contributed by atoms with van der Waals surface area (Å²) >= 11 is 2.13. The van der Waals surface area contributed by atoms with Crippen molar-refractivity contribution >= 4 is 42.1 Å². The van der Waals surface area contributed by atoms with Gasteiger partial charge in [0.15, 0.2) is 0 Å². The highest BCUT2D eigenvalue weighted by molar-refractivity contribution is 14.2. The molecule has 0 heterocycles. The van der Waals surface area contributed by atoms with E-state index in [0.717, 1.165) is 25.0 Å². The quantitative estimate of drug-likeness (QED) is 0.460. The van der Waals surface area contributed by atoms with Gasteiger partial charge in [-0.3, -0.25) is 0 Å². The standard InChI is InChI=1S/C11H20IN3O2S/c1-11(2,3)17-10(16)15(4)9-6-5-8(7-9)13-14-18-12/h9,14H,5-7H2,1-4H3/b13-8-/t9-/m0/s1. The molecule has 0 saturated heterocycles. The van der Waals surface area contributed by atoms with E-state index in [1.807, 2.05) is 20.8 Å². The van der Waals surface area contributed by atoms with Crippen molar-refractivity contribution in [2.45, 2.75) is 51.7 Å². The van der Waals surface area contributed by atoms with Crippen molar-refractivity contribution in [1.29, 1.82) is 0 Å². The average Bonchev–Trinajstić information content (AvgIpc) is 2.71. The molecule has 1 aliphatic rings. The number of carbonyl (C=O) groups excluding carboxylic acids is 1. The number of nitrogens with one attached hydrogen (secondary N) is 1. The second-order valence-electron chi connectivity index (χ2n) is 5.33. The maximum Gasteiger partial charge on any atom is 0.410 e. The van der Waals surface area contributed by atoms with Gasteiger partial charge in [-0.05, 0) is 33.6 Å². The number of rotatable bonds is 3.